The van der Waals surface area contributed by atoms with Gasteiger partial charge in [0.1, 0.15) is 11.6 Å². The normalized spacial score (nSPS) is 21.4. The van der Waals surface area contributed by atoms with E-state index in [1.165, 1.54) is 11.3 Å². The van der Waals surface area contributed by atoms with E-state index in [0.717, 1.165) is 48.3 Å². The SMILES string of the molecule is COc1c(C2COCCCO2)ccc2sc(NC(=O)CC3CCOCC3)nc12. The average Bonchev–Trinajstić information content (AvgIpc) is 2.92. The number of anilines is 1. The van der Waals surface area contributed by atoms with Gasteiger partial charge in [0, 0.05) is 38.4 Å². The van der Waals surface area contributed by atoms with E-state index >= 15 is 0 Å². The average molecular weight is 407 g/mol. The van der Waals surface area contributed by atoms with Crippen LogP contribution in [0.1, 0.15) is 37.4 Å². The minimum Gasteiger partial charge on any atom is -0.494 e. The van der Waals surface area contributed by atoms with Gasteiger partial charge in [-0.25, -0.2) is 4.98 Å². The number of methoxy groups -OCH3 is 1. The van der Waals surface area contributed by atoms with E-state index in [0.29, 0.717) is 43.0 Å². The molecule has 8 heteroatoms. The molecule has 0 saturated carbocycles. The summed E-state index contributed by atoms with van der Waals surface area (Å²) in [6.45, 7) is 3.36. The quantitative estimate of drug-likeness (QED) is 0.818. The monoisotopic (exact) mass is 406 g/mol. The molecular weight excluding hydrogens is 380 g/mol. The zero-order valence-corrected chi connectivity index (χ0v) is 16.9. The van der Waals surface area contributed by atoms with Crippen LogP contribution in [0.25, 0.3) is 10.2 Å². The number of hydrogen-bond donors (Lipinski definition) is 1. The van der Waals surface area contributed by atoms with Crippen LogP contribution in [0.4, 0.5) is 5.13 Å². The van der Waals surface area contributed by atoms with Gasteiger partial charge in [-0.2, -0.15) is 0 Å². The van der Waals surface area contributed by atoms with E-state index in [9.17, 15) is 4.79 Å². The van der Waals surface area contributed by atoms with E-state index in [2.05, 4.69) is 10.3 Å². The van der Waals surface area contributed by atoms with Crippen molar-refractivity contribution in [1.29, 1.82) is 0 Å². The standard InChI is InChI=1S/C20H26N2O5S/c1-24-19-14(15-12-26-7-2-8-27-15)3-4-16-18(19)22-20(28-16)21-17(23)11-13-5-9-25-10-6-13/h3-4,13,15H,2,5-12H2,1H3,(H,21,22,23). The zero-order chi connectivity index (χ0) is 19.3. The van der Waals surface area contributed by atoms with Crippen molar-refractivity contribution < 1.29 is 23.7 Å². The first kappa shape index (κ1) is 19.6. The second-order valence-electron chi connectivity index (χ2n) is 7.15. The predicted octanol–water partition coefficient (Wildman–Crippen LogP) is 3.54. The highest BCUT2D eigenvalue weighted by atomic mass is 32.1. The Morgan fingerprint density at radius 3 is 2.93 bits per heavy atom. The Morgan fingerprint density at radius 2 is 2.11 bits per heavy atom. The van der Waals surface area contributed by atoms with Gasteiger partial charge >= 0.3 is 0 Å². The molecule has 1 aromatic carbocycles. The van der Waals surface area contributed by atoms with Crippen molar-refractivity contribution in [2.24, 2.45) is 5.92 Å². The Bertz CT molecular complexity index is 810. The molecule has 0 bridgehead atoms. The van der Waals surface area contributed by atoms with Gasteiger partial charge in [-0.15, -0.1) is 0 Å². The number of nitrogens with zero attached hydrogens (tertiary/aromatic N) is 1. The third kappa shape index (κ3) is 4.46. The van der Waals surface area contributed by atoms with Crippen LogP contribution in [0.15, 0.2) is 12.1 Å². The maximum Gasteiger partial charge on any atom is 0.226 e. The maximum atomic E-state index is 12.4. The number of fused-ring (bicyclic) bond motifs is 1. The number of aromatic nitrogens is 1. The number of carbonyl (C=O) groups is 1. The first-order valence-electron chi connectivity index (χ1n) is 9.79. The van der Waals surface area contributed by atoms with Gasteiger partial charge in [-0.05, 0) is 31.2 Å². The van der Waals surface area contributed by atoms with Gasteiger partial charge in [0.15, 0.2) is 10.9 Å². The molecule has 1 atom stereocenters. The van der Waals surface area contributed by atoms with Crippen LogP contribution in [0, 0.1) is 5.92 Å². The summed E-state index contributed by atoms with van der Waals surface area (Å²) in [5.41, 5.74) is 1.68. The zero-order valence-electron chi connectivity index (χ0n) is 16.1. The first-order valence-corrected chi connectivity index (χ1v) is 10.6. The van der Waals surface area contributed by atoms with E-state index in [1.807, 2.05) is 12.1 Å². The summed E-state index contributed by atoms with van der Waals surface area (Å²) >= 11 is 1.46. The Morgan fingerprint density at radius 1 is 1.25 bits per heavy atom. The molecule has 2 saturated heterocycles. The lowest BCUT2D eigenvalue weighted by Crippen LogP contribution is -2.22. The van der Waals surface area contributed by atoms with E-state index in [-0.39, 0.29) is 12.0 Å². The second-order valence-corrected chi connectivity index (χ2v) is 8.18. The summed E-state index contributed by atoms with van der Waals surface area (Å²) in [5.74, 6) is 1.08. The minimum absolute atomic E-state index is 0.00523. The molecule has 2 aromatic rings. The van der Waals surface area contributed by atoms with Gasteiger partial charge < -0.3 is 24.3 Å². The summed E-state index contributed by atoms with van der Waals surface area (Å²) in [4.78, 5) is 17.0. The molecule has 1 unspecified atom stereocenters. The number of ether oxygens (including phenoxy) is 4. The van der Waals surface area contributed by atoms with Crippen LogP contribution in [0.3, 0.4) is 0 Å². The Hall–Kier alpha value is -1.74. The molecule has 0 radical (unpaired) electrons. The van der Waals surface area contributed by atoms with Crippen molar-refractivity contribution in [2.75, 3.05) is 45.5 Å². The van der Waals surface area contributed by atoms with Crippen molar-refractivity contribution in [1.82, 2.24) is 4.98 Å². The summed E-state index contributed by atoms with van der Waals surface area (Å²) in [7, 11) is 1.64. The lowest BCUT2D eigenvalue weighted by Gasteiger charge is -2.20. The number of nitrogens with one attached hydrogen (secondary N) is 1. The summed E-state index contributed by atoms with van der Waals surface area (Å²) in [6.07, 6.45) is 3.10. The third-order valence-electron chi connectivity index (χ3n) is 5.18. The second kappa shape index (κ2) is 9.17. The fourth-order valence-electron chi connectivity index (χ4n) is 3.69. The molecule has 1 aromatic heterocycles. The molecule has 7 nitrogen and oxygen atoms in total. The van der Waals surface area contributed by atoms with Crippen LogP contribution < -0.4 is 10.1 Å². The number of benzene rings is 1. The van der Waals surface area contributed by atoms with Crippen LogP contribution >= 0.6 is 11.3 Å². The molecule has 1 N–H and O–H groups in total. The maximum absolute atomic E-state index is 12.4. The fourth-order valence-corrected chi connectivity index (χ4v) is 4.58. The van der Waals surface area contributed by atoms with Crippen molar-refractivity contribution in [2.45, 2.75) is 31.8 Å². The fraction of sp³-hybridized carbons (Fsp3) is 0.600. The van der Waals surface area contributed by atoms with E-state index < -0.39 is 0 Å². The highest BCUT2D eigenvalue weighted by Gasteiger charge is 2.23. The van der Waals surface area contributed by atoms with Gasteiger partial charge in [0.05, 0.1) is 18.4 Å². The number of amides is 1. The molecule has 4 rings (SSSR count). The summed E-state index contributed by atoms with van der Waals surface area (Å²) < 4.78 is 23.6. The van der Waals surface area contributed by atoms with Gasteiger partial charge in [0.25, 0.3) is 0 Å². The Labute approximate surface area is 168 Å². The topological polar surface area (TPSA) is 78.9 Å². The summed E-state index contributed by atoms with van der Waals surface area (Å²) in [6, 6.07) is 4.01. The van der Waals surface area contributed by atoms with Crippen LogP contribution in [0.2, 0.25) is 0 Å². The molecule has 0 spiro atoms. The molecule has 2 aliphatic heterocycles. The molecule has 2 aliphatic rings. The van der Waals surface area contributed by atoms with Crippen molar-refractivity contribution in [3.63, 3.8) is 0 Å². The van der Waals surface area contributed by atoms with Crippen molar-refractivity contribution in [3.05, 3.63) is 17.7 Å². The largest absolute Gasteiger partial charge is 0.494 e. The lowest BCUT2D eigenvalue weighted by molar-refractivity contribution is -0.117. The number of carbonyl (C=O) groups excluding carboxylic acids is 1. The predicted molar refractivity (Wildman–Crippen MR) is 107 cm³/mol. The molecule has 3 heterocycles. The van der Waals surface area contributed by atoms with Crippen molar-refractivity contribution in [3.8, 4) is 5.75 Å². The third-order valence-corrected chi connectivity index (χ3v) is 6.11. The van der Waals surface area contributed by atoms with Gasteiger partial charge in [-0.3, -0.25) is 4.79 Å². The molecular formula is C20H26N2O5S. The number of thiazole rings is 1. The van der Waals surface area contributed by atoms with Crippen LogP contribution in [-0.4, -0.2) is 51.0 Å². The van der Waals surface area contributed by atoms with Crippen LogP contribution in [-0.2, 0) is 19.0 Å². The van der Waals surface area contributed by atoms with Crippen molar-refractivity contribution >= 4 is 32.6 Å². The van der Waals surface area contributed by atoms with Crippen LogP contribution in [0.5, 0.6) is 5.75 Å². The lowest BCUT2D eigenvalue weighted by atomic mass is 9.96. The highest BCUT2D eigenvalue weighted by molar-refractivity contribution is 7.22. The molecule has 28 heavy (non-hydrogen) atoms. The molecule has 0 aliphatic carbocycles. The molecule has 2 fully saturated rings. The van der Waals surface area contributed by atoms with Gasteiger partial charge in [-0.1, -0.05) is 17.4 Å². The van der Waals surface area contributed by atoms with E-state index in [1.54, 1.807) is 7.11 Å². The smallest absolute Gasteiger partial charge is 0.226 e. The van der Waals surface area contributed by atoms with E-state index in [4.69, 9.17) is 18.9 Å². The Kier molecular flexibility index (Phi) is 6.41. The highest BCUT2D eigenvalue weighted by Crippen LogP contribution is 2.39. The molecule has 152 valence electrons. The first-order chi connectivity index (χ1) is 13.7. The number of hydrogen-bond acceptors (Lipinski definition) is 7. The van der Waals surface area contributed by atoms with Gasteiger partial charge in [0.2, 0.25) is 5.91 Å². The molecule has 1 amide bonds. The minimum atomic E-state index is -0.171. The Balaban J connectivity index is 1.52. The summed E-state index contributed by atoms with van der Waals surface area (Å²) in [5, 5.41) is 3.55. The number of rotatable bonds is 5.